The molecule has 0 aliphatic heterocycles. The predicted octanol–water partition coefficient (Wildman–Crippen LogP) is 0.594. The molecule has 0 unspecified atom stereocenters. The van der Waals surface area contributed by atoms with Gasteiger partial charge in [-0.05, 0) is 20.4 Å². The Bertz CT molecular complexity index is 54.9. The van der Waals surface area contributed by atoms with Gasteiger partial charge in [0.1, 0.15) is 0 Å². The maximum atomic E-state index is 3.37. The molecule has 0 saturated heterocycles. The molecule has 2 heteroatoms. The van der Waals surface area contributed by atoms with Crippen molar-refractivity contribution in [2.75, 3.05) is 20.1 Å². The van der Waals surface area contributed by atoms with Crippen LogP contribution >= 0.6 is 0 Å². The molecule has 2 N–H and O–H groups in total. The Kier molecular flexibility index (Phi) is 5.99. The molecule has 56 valence electrons. The summed E-state index contributed by atoms with van der Waals surface area (Å²) < 4.78 is 0. The lowest BCUT2D eigenvalue weighted by Gasteiger charge is -2.09. The van der Waals surface area contributed by atoms with Crippen molar-refractivity contribution in [2.24, 2.45) is 0 Å². The van der Waals surface area contributed by atoms with Crippen LogP contribution in [-0.4, -0.2) is 26.2 Å². The predicted molar refractivity (Wildman–Crippen MR) is 41.7 cm³/mol. The molecule has 0 rings (SSSR count). The molecule has 9 heavy (non-hydrogen) atoms. The maximum Gasteiger partial charge on any atom is 0.00790 e. The van der Waals surface area contributed by atoms with Gasteiger partial charge in [-0.2, -0.15) is 0 Å². The minimum atomic E-state index is 0.665. The van der Waals surface area contributed by atoms with Crippen molar-refractivity contribution in [3.8, 4) is 0 Å². The van der Waals surface area contributed by atoms with Gasteiger partial charge in [0.05, 0.1) is 0 Å². The lowest BCUT2D eigenvalue weighted by molar-refractivity contribution is 0.528. The Labute approximate surface area is 58.0 Å². The first-order chi connectivity index (χ1) is 4.31. The number of rotatable bonds is 5. The highest BCUT2D eigenvalue weighted by Crippen LogP contribution is 1.84. The van der Waals surface area contributed by atoms with E-state index < -0.39 is 0 Å². The minimum absolute atomic E-state index is 0.665. The molecule has 1 atom stereocenters. The number of nitrogens with one attached hydrogen (secondary N) is 2. The largest absolute Gasteiger partial charge is 0.318 e. The fourth-order valence-electron chi connectivity index (χ4n) is 0.588. The average molecular weight is 130 g/mol. The highest BCUT2D eigenvalue weighted by atomic mass is 14.9. The Morgan fingerprint density at radius 1 is 1.33 bits per heavy atom. The summed E-state index contributed by atoms with van der Waals surface area (Å²) in [5.41, 5.74) is 0. The second-order valence-corrected chi connectivity index (χ2v) is 2.37. The molecule has 0 amide bonds. The summed E-state index contributed by atoms with van der Waals surface area (Å²) in [4.78, 5) is 0. The van der Waals surface area contributed by atoms with Crippen LogP contribution in [-0.2, 0) is 0 Å². The van der Waals surface area contributed by atoms with Crippen LogP contribution in [0, 0.1) is 0 Å². The van der Waals surface area contributed by atoms with Crippen LogP contribution in [0.5, 0.6) is 0 Å². The van der Waals surface area contributed by atoms with Crippen molar-refractivity contribution in [1.29, 1.82) is 0 Å². The highest BCUT2D eigenvalue weighted by Gasteiger charge is 1.93. The fraction of sp³-hybridized carbons (Fsp3) is 1.00. The normalized spacial score (nSPS) is 13.7. The molecule has 2 nitrogen and oxygen atoms in total. The Morgan fingerprint density at radius 2 is 2.00 bits per heavy atom. The summed E-state index contributed by atoms with van der Waals surface area (Å²) >= 11 is 0. The molecule has 0 bridgehead atoms. The zero-order chi connectivity index (χ0) is 7.11. The summed E-state index contributed by atoms with van der Waals surface area (Å²) in [7, 11) is 1.97. The summed E-state index contributed by atoms with van der Waals surface area (Å²) in [6, 6.07) is 0.665. The maximum absolute atomic E-state index is 3.37. The van der Waals surface area contributed by atoms with E-state index >= 15 is 0 Å². The van der Waals surface area contributed by atoms with Gasteiger partial charge in [-0.25, -0.2) is 0 Å². The first-order valence-electron chi connectivity index (χ1n) is 3.69. The van der Waals surface area contributed by atoms with Gasteiger partial charge in [0.25, 0.3) is 0 Å². The third-order valence-electron chi connectivity index (χ3n) is 1.48. The molecule has 0 aromatic carbocycles. The topological polar surface area (TPSA) is 24.1 Å². The van der Waals surface area contributed by atoms with E-state index in [9.17, 15) is 0 Å². The van der Waals surface area contributed by atoms with Crippen LogP contribution in [0.1, 0.15) is 20.3 Å². The highest BCUT2D eigenvalue weighted by molar-refractivity contribution is 4.57. The van der Waals surface area contributed by atoms with Gasteiger partial charge in [0.15, 0.2) is 0 Å². The smallest absolute Gasteiger partial charge is 0.00790 e. The lowest BCUT2D eigenvalue weighted by Crippen LogP contribution is -2.31. The molecule has 0 aromatic rings. The van der Waals surface area contributed by atoms with Crippen LogP contribution in [0.25, 0.3) is 0 Å². The Hall–Kier alpha value is -0.0800. The molecule has 0 spiro atoms. The third kappa shape index (κ3) is 5.80. The van der Waals surface area contributed by atoms with Gasteiger partial charge in [0, 0.05) is 19.1 Å². The molecular formula is C7H18N2. The lowest BCUT2D eigenvalue weighted by atomic mass is 10.3. The second kappa shape index (κ2) is 6.05. The Morgan fingerprint density at radius 3 is 2.44 bits per heavy atom. The van der Waals surface area contributed by atoms with Gasteiger partial charge in [0.2, 0.25) is 0 Å². The van der Waals surface area contributed by atoms with E-state index in [4.69, 9.17) is 0 Å². The van der Waals surface area contributed by atoms with Crippen molar-refractivity contribution in [2.45, 2.75) is 26.3 Å². The molecule has 0 saturated carbocycles. The quantitative estimate of drug-likeness (QED) is 0.532. The zero-order valence-electron chi connectivity index (χ0n) is 6.70. The number of likely N-dealkylation sites (N-methyl/N-ethyl adjacent to an activating group) is 1. The van der Waals surface area contributed by atoms with E-state index in [0.29, 0.717) is 6.04 Å². The molecule has 0 heterocycles. The number of hydrogen-bond donors (Lipinski definition) is 2. The summed E-state index contributed by atoms with van der Waals surface area (Å²) in [6.45, 7) is 6.53. The van der Waals surface area contributed by atoms with E-state index in [2.05, 4.69) is 24.5 Å². The van der Waals surface area contributed by atoms with Gasteiger partial charge in [-0.1, -0.05) is 6.92 Å². The SMILES string of the molecule is CC[C@H](C)NCCNC. The minimum Gasteiger partial charge on any atom is -0.318 e. The fourth-order valence-corrected chi connectivity index (χ4v) is 0.588. The first-order valence-corrected chi connectivity index (χ1v) is 3.69. The molecule has 0 fully saturated rings. The van der Waals surface area contributed by atoms with Gasteiger partial charge in [-0.3, -0.25) is 0 Å². The first kappa shape index (κ1) is 8.92. The van der Waals surface area contributed by atoms with Crippen LogP contribution in [0.15, 0.2) is 0 Å². The molecule has 0 aromatic heterocycles. The van der Waals surface area contributed by atoms with Crippen molar-refractivity contribution >= 4 is 0 Å². The van der Waals surface area contributed by atoms with Crippen molar-refractivity contribution in [3.63, 3.8) is 0 Å². The Balaban J connectivity index is 2.88. The molecule has 0 aliphatic carbocycles. The van der Waals surface area contributed by atoms with Crippen molar-refractivity contribution in [3.05, 3.63) is 0 Å². The monoisotopic (exact) mass is 130 g/mol. The summed E-state index contributed by atoms with van der Waals surface area (Å²) in [6.07, 6.45) is 1.21. The van der Waals surface area contributed by atoms with E-state index in [1.54, 1.807) is 0 Å². The molecular weight excluding hydrogens is 112 g/mol. The van der Waals surface area contributed by atoms with Crippen LogP contribution in [0.3, 0.4) is 0 Å². The number of hydrogen-bond acceptors (Lipinski definition) is 2. The molecule has 0 aliphatic rings. The average Bonchev–Trinajstić information content (AvgIpc) is 1.89. The second-order valence-electron chi connectivity index (χ2n) is 2.37. The van der Waals surface area contributed by atoms with E-state index in [1.165, 1.54) is 6.42 Å². The van der Waals surface area contributed by atoms with Crippen LogP contribution in [0.2, 0.25) is 0 Å². The standard InChI is InChI=1S/C7H18N2/c1-4-7(2)9-6-5-8-3/h7-9H,4-6H2,1-3H3/t7-/m0/s1. The van der Waals surface area contributed by atoms with Gasteiger partial charge >= 0.3 is 0 Å². The van der Waals surface area contributed by atoms with Crippen molar-refractivity contribution in [1.82, 2.24) is 10.6 Å². The van der Waals surface area contributed by atoms with E-state index in [-0.39, 0.29) is 0 Å². The third-order valence-corrected chi connectivity index (χ3v) is 1.48. The zero-order valence-corrected chi connectivity index (χ0v) is 6.70. The van der Waals surface area contributed by atoms with Crippen LogP contribution in [0.4, 0.5) is 0 Å². The van der Waals surface area contributed by atoms with Crippen molar-refractivity contribution < 1.29 is 0 Å². The van der Waals surface area contributed by atoms with E-state index in [1.807, 2.05) is 7.05 Å². The van der Waals surface area contributed by atoms with Gasteiger partial charge in [-0.15, -0.1) is 0 Å². The van der Waals surface area contributed by atoms with E-state index in [0.717, 1.165) is 13.1 Å². The van der Waals surface area contributed by atoms with Gasteiger partial charge < -0.3 is 10.6 Å². The summed E-state index contributed by atoms with van der Waals surface area (Å²) in [5.74, 6) is 0. The summed E-state index contributed by atoms with van der Waals surface area (Å²) in [5, 5.41) is 6.46. The molecule has 0 radical (unpaired) electrons. The van der Waals surface area contributed by atoms with Crippen LogP contribution < -0.4 is 10.6 Å².